The first-order valence-electron chi connectivity index (χ1n) is 6.46. The molecule has 1 aromatic heterocycles. The van der Waals surface area contributed by atoms with Crippen molar-refractivity contribution in [2.75, 3.05) is 0 Å². The van der Waals surface area contributed by atoms with Gasteiger partial charge in [0.15, 0.2) is 0 Å². The number of benzene rings is 2. The minimum absolute atomic E-state index is 0.532. The highest BCUT2D eigenvalue weighted by atomic mass is 79.9. The lowest BCUT2D eigenvalue weighted by Crippen LogP contribution is -1.92. The van der Waals surface area contributed by atoms with E-state index in [9.17, 15) is 0 Å². The van der Waals surface area contributed by atoms with E-state index in [1.165, 1.54) is 0 Å². The highest BCUT2D eigenvalue weighted by Crippen LogP contribution is 2.28. The smallest absolute Gasteiger partial charge is 0.110 e. The van der Waals surface area contributed by atoms with Gasteiger partial charge in [0, 0.05) is 20.9 Å². The van der Waals surface area contributed by atoms with Crippen LogP contribution in [0.15, 0.2) is 51.5 Å². The van der Waals surface area contributed by atoms with Crippen LogP contribution in [0, 0.1) is 0 Å². The van der Waals surface area contributed by atoms with Crippen molar-refractivity contribution >= 4 is 55.1 Å². The van der Waals surface area contributed by atoms with Gasteiger partial charge in [-0.3, -0.25) is 0 Å². The molecule has 1 N–H and O–H groups in total. The normalized spacial score (nSPS) is 10.9. The molecule has 0 bridgehead atoms. The molecule has 22 heavy (non-hydrogen) atoms. The molecule has 0 aliphatic rings. The molecule has 2 nitrogen and oxygen atoms in total. The van der Waals surface area contributed by atoms with E-state index in [-0.39, 0.29) is 0 Å². The van der Waals surface area contributed by atoms with Crippen molar-refractivity contribution in [2.45, 2.75) is 6.42 Å². The van der Waals surface area contributed by atoms with Crippen LogP contribution in [0.1, 0.15) is 11.4 Å². The van der Waals surface area contributed by atoms with E-state index in [0.29, 0.717) is 16.5 Å². The molecule has 0 fully saturated rings. The topological polar surface area (TPSA) is 28.7 Å². The number of hydrogen-bond acceptors (Lipinski definition) is 1. The molecular formula is C16H10Br2Cl2N2. The SMILES string of the molecule is Clc1ccc(-c2cnc(Cc3cc(Br)ccc3Br)[nH]2)cc1Cl. The zero-order valence-corrected chi connectivity index (χ0v) is 15.9. The quantitative estimate of drug-likeness (QED) is 0.475. The number of nitrogens with zero attached hydrogens (tertiary/aromatic N) is 1. The van der Waals surface area contributed by atoms with Crippen molar-refractivity contribution in [1.29, 1.82) is 0 Å². The predicted octanol–water partition coefficient (Wildman–Crippen LogP) is 6.50. The molecular weight excluding hydrogens is 451 g/mol. The Bertz CT molecular complexity index is 831. The summed E-state index contributed by atoms with van der Waals surface area (Å²) >= 11 is 19.1. The molecule has 1 heterocycles. The molecule has 0 unspecified atom stereocenters. The molecule has 0 aliphatic carbocycles. The maximum atomic E-state index is 6.06. The van der Waals surface area contributed by atoms with Crippen LogP contribution in [0.3, 0.4) is 0 Å². The van der Waals surface area contributed by atoms with E-state index in [4.69, 9.17) is 23.2 Å². The number of imidazole rings is 1. The second-order valence-electron chi connectivity index (χ2n) is 4.78. The van der Waals surface area contributed by atoms with Crippen LogP contribution in [-0.2, 0) is 6.42 Å². The van der Waals surface area contributed by atoms with Gasteiger partial charge in [0.05, 0.1) is 21.9 Å². The lowest BCUT2D eigenvalue weighted by Gasteiger charge is -2.03. The summed E-state index contributed by atoms with van der Waals surface area (Å²) in [4.78, 5) is 7.77. The van der Waals surface area contributed by atoms with E-state index in [2.05, 4.69) is 47.9 Å². The van der Waals surface area contributed by atoms with Crippen molar-refractivity contribution in [3.05, 3.63) is 73.0 Å². The highest BCUT2D eigenvalue weighted by Gasteiger charge is 2.08. The number of halogens is 4. The van der Waals surface area contributed by atoms with E-state index < -0.39 is 0 Å². The Kier molecular flexibility index (Phi) is 4.93. The Morgan fingerprint density at radius 2 is 1.82 bits per heavy atom. The molecule has 3 rings (SSSR count). The van der Waals surface area contributed by atoms with Crippen LogP contribution in [-0.4, -0.2) is 9.97 Å². The van der Waals surface area contributed by atoms with Crippen molar-refractivity contribution in [3.8, 4) is 11.3 Å². The number of hydrogen-bond donors (Lipinski definition) is 1. The molecule has 0 atom stereocenters. The Balaban J connectivity index is 1.87. The van der Waals surface area contributed by atoms with E-state index in [1.54, 1.807) is 12.3 Å². The van der Waals surface area contributed by atoms with Crippen LogP contribution in [0.25, 0.3) is 11.3 Å². The summed E-state index contributed by atoms with van der Waals surface area (Å²) in [5.74, 6) is 0.889. The van der Waals surface area contributed by atoms with Gasteiger partial charge in [-0.2, -0.15) is 0 Å². The van der Waals surface area contributed by atoms with Crippen LogP contribution >= 0.6 is 55.1 Å². The number of nitrogens with one attached hydrogen (secondary N) is 1. The molecule has 0 saturated heterocycles. The van der Waals surface area contributed by atoms with Crippen LogP contribution in [0.2, 0.25) is 10.0 Å². The van der Waals surface area contributed by atoms with Crippen LogP contribution < -0.4 is 0 Å². The fourth-order valence-corrected chi connectivity index (χ4v) is 3.22. The molecule has 0 amide bonds. The maximum absolute atomic E-state index is 6.06. The summed E-state index contributed by atoms with van der Waals surface area (Å²) < 4.78 is 2.10. The summed E-state index contributed by atoms with van der Waals surface area (Å²) in [5.41, 5.74) is 3.03. The van der Waals surface area contributed by atoms with Crippen LogP contribution in [0.4, 0.5) is 0 Å². The number of aromatic nitrogens is 2. The molecule has 6 heteroatoms. The second-order valence-corrected chi connectivity index (χ2v) is 7.37. The van der Waals surface area contributed by atoms with E-state index >= 15 is 0 Å². The Morgan fingerprint density at radius 1 is 1.00 bits per heavy atom. The fourth-order valence-electron chi connectivity index (χ4n) is 2.12. The van der Waals surface area contributed by atoms with Gasteiger partial charge in [0.25, 0.3) is 0 Å². The standard InChI is InChI=1S/C16H10Br2Cl2N2/c17-11-2-3-12(18)10(5-11)7-16-21-8-15(22-16)9-1-4-13(19)14(20)6-9/h1-6,8H,7H2,(H,21,22). The van der Waals surface area contributed by atoms with E-state index in [0.717, 1.165) is 31.6 Å². The third-order valence-electron chi connectivity index (χ3n) is 3.22. The minimum Gasteiger partial charge on any atom is -0.342 e. The van der Waals surface area contributed by atoms with Gasteiger partial charge >= 0.3 is 0 Å². The summed E-state index contributed by atoms with van der Waals surface area (Å²) in [6, 6.07) is 11.6. The predicted molar refractivity (Wildman–Crippen MR) is 98.7 cm³/mol. The largest absolute Gasteiger partial charge is 0.342 e. The third-order valence-corrected chi connectivity index (χ3v) is 5.23. The Hall–Kier alpha value is -0.810. The van der Waals surface area contributed by atoms with Crippen molar-refractivity contribution in [2.24, 2.45) is 0 Å². The summed E-state index contributed by atoms with van der Waals surface area (Å²) in [7, 11) is 0. The Morgan fingerprint density at radius 3 is 2.59 bits per heavy atom. The van der Waals surface area contributed by atoms with E-state index in [1.807, 2.05) is 24.3 Å². The third kappa shape index (κ3) is 3.57. The van der Waals surface area contributed by atoms with Crippen molar-refractivity contribution in [1.82, 2.24) is 9.97 Å². The van der Waals surface area contributed by atoms with Gasteiger partial charge in [-0.05, 0) is 35.9 Å². The van der Waals surface area contributed by atoms with Gasteiger partial charge in [0.1, 0.15) is 5.82 Å². The monoisotopic (exact) mass is 458 g/mol. The molecule has 112 valence electrons. The first kappa shape index (κ1) is 16.1. The number of rotatable bonds is 3. The van der Waals surface area contributed by atoms with Gasteiger partial charge in [-0.15, -0.1) is 0 Å². The molecule has 3 aromatic rings. The summed E-state index contributed by atoms with van der Waals surface area (Å²) in [6.45, 7) is 0. The number of aromatic amines is 1. The Labute approximate surface area is 155 Å². The van der Waals surface area contributed by atoms with Gasteiger partial charge in [-0.1, -0.05) is 61.1 Å². The van der Waals surface area contributed by atoms with Gasteiger partial charge in [-0.25, -0.2) is 4.98 Å². The number of H-pyrrole nitrogens is 1. The molecule has 0 aliphatic heterocycles. The van der Waals surface area contributed by atoms with Crippen LogP contribution in [0.5, 0.6) is 0 Å². The molecule has 0 radical (unpaired) electrons. The lowest BCUT2D eigenvalue weighted by molar-refractivity contribution is 1.02. The lowest BCUT2D eigenvalue weighted by atomic mass is 10.1. The van der Waals surface area contributed by atoms with Gasteiger partial charge < -0.3 is 4.98 Å². The fraction of sp³-hybridized carbons (Fsp3) is 0.0625. The maximum Gasteiger partial charge on any atom is 0.110 e. The van der Waals surface area contributed by atoms with Gasteiger partial charge in [0.2, 0.25) is 0 Å². The highest BCUT2D eigenvalue weighted by molar-refractivity contribution is 9.11. The summed E-state index contributed by atoms with van der Waals surface area (Å²) in [6.07, 6.45) is 2.52. The zero-order chi connectivity index (χ0) is 15.7. The first-order chi connectivity index (χ1) is 10.5. The summed E-state index contributed by atoms with van der Waals surface area (Å²) in [5, 5.41) is 1.08. The second kappa shape index (κ2) is 6.75. The molecule has 0 spiro atoms. The van der Waals surface area contributed by atoms with Crippen molar-refractivity contribution < 1.29 is 0 Å². The first-order valence-corrected chi connectivity index (χ1v) is 8.80. The molecule has 0 saturated carbocycles. The average Bonchev–Trinajstić information content (AvgIpc) is 2.94. The average molecular weight is 461 g/mol. The zero-order valence-electron chi connectivity index (χ0n) is 11.2. The molecule has 2 aromatic carbocycles. The van der Waals surface area contributed by atoms with Crippen molar-refractivity contribution in [3.63, 3.8) is 0 Å². The minimum atomic E-state index is 0.532.